The fourth-order valence-electron chi connectivity index (χ4n) is 2.44. The predicted octanol–water partition coefficient (Wildman–Crippen LogP) is -0.200. The Labute approximate surface area is 193 Å². The summed E-state index contributed by atoms with van der Waals surface area (Å²) in [6, 6.07) is 10.1. The number of carbonyl (C=O) groups excluding carboxylic acids is 4. The van der Waals surface area contributed by atoms with Crippen LogP contribution in [0.2, 0.25) is 5.02 Å². The van der Waals surface area contributed by atoms with Crippen LogP contribution in [-0.4, -0.2) is 54.0 Å². The molecule has 2 aromatic carbocycles. The van der Waals surface area contributed by atoms with Crippen molar-refractivity contribution in [3.05, 3.63) is 59.1 Å². The first-order valence-electron chi connectivity index (χ1n) is 9.44. The quantitative estimate of drug-likeness (QED) is 0.202. The SMILES string of the molecule is NC(N)=Nc1ccc(C(=O)NC(=O)CNC(=O)[C@H](CO)NC(=O)Nc2ccccc2Cl)cc1. The number of anilines is 1. The molecule has 0 radical (unpaired) electrons. The van der Waals surface area contributed by atoms with E-state index in [2.05, 4.69) is 26.3 Å². The van der Waals surface area contributed by atoms with Crippen LogP contribution in [0.4, 0.5) is 16.2 Å². The van der Waals surface area contributed by atoms with E-state index in [9.17, 15) is 24.3 Å². The summed E-state index contributed by atoms with van der Waals surface area (Å²) < 4.78 is 0. The number of aliphatic hydroxyl groups is 1. The Morgan fingerprint density at radius 1 is 1.03 bits per heavy atom. The van der Waals surface area contributed by atoms with Gasteiger partial charge in [-0.15, -0.1) is 0 Å². The molecule has 1 atom stereocenters. The molecular weight excluding hydrogens is 454 g/mol. The van der Waals surface area contributed by atoms with Crippen molar-refractivity contribution in [3.63, 3.8) is 0 Å². The number of amides is 5. The molecule has 0 heterocycles. The van der Waals surface area contributed by atoms with E-state index in [-0.39, 0.29) is 16.5 Å². The number of halogens is 1. The van der Waals surface area contributed by atoms with E-state index in [0.29, 0.717) is 11.4 Å². The number of guanidine groups is 1. The van der Waals surface area contributed by atoms with E-state index in [4.69, 9.17) is 23.1 Å². The number of aliphatic imine (C=N–C) groups is 1. The monoisotopic (exact) mass is 475 g/mol. The minimum Gasteiger partial charge on any atom is -0.394 e. The highest BCUT2D eigenvalue weighted by molar-refractivity contribution is 6.33. The van der Waals surface area contributed by atoms with E-state index in [1.807, 2.05) is 0 Å². The number of rotatable bonds is 8. The number of nitrogens with two attached hydrogens (primary N) is 2. The van der Waals surface area contributed by atoms with Crippen LogP contribution < -0.4 is 32.7 Å². The molecular formula is C20H22ClN7O5. The molecule has 0 saturated carbocycles. The molecule has 13 heteroatoms. The number of hydrogen-bond donors (Lipinski definition) is 7. The Morgan fingerprint density at radius 3 is 2.30 bits per heavy atom. The number of nitrogens with one attached hydrogen (secondary N) is 4. The molecule has 0 spiro atoms. The van der Waals surface area contributed by atoms with Crippen molar-refractivity contribution in [3.8, 4) is 0 Å². The highest BCUT2D eigenvalue weighted by Gasteiger charge is 2.21. The lowest BCUT2D eigenvalue weighted by Gasteiger charge is -2.17. The molecule has 0 bridgehead atoms. The van der Waals surface area contributed by atoms with E-state index < -0.39 is 42.9 Å². The summed E-state index contributed by atoms with van der Waals surface area (Å²) >= 11 is 5.94. The summed E-state index contributed by atoms with van der Waals surface area (Å²) in [7, 11) is 0. The van der Waals surface area contributed by atoms with Gasteiger partial charge in [-0.05, 0) is 36.4 Å². The number of urea groups is 1. The maximum atomic E-state index is 12.2. The molecule has 2 aromatic rings. The number of para-hydroxylation sites is 1. The van der Waals surface area contributed by atoms with Crippen molar-refractivity contribution in [2.45, 2.75) is 6.04 Å². The fraction of sp³-hybridized carbons (Fsp3) is 0.150. The normalized spacial score (nSPS) is 11.0. The van der Waals surface area contributed by atoms with E-state index in [1.165, 1.54) is 24.3 Å². The molecule has 33 heavy (non-hydrogen) atoms. The second kappa shape index (κ2) is 12.0. The first kappa shape index (κ1) is 25.1. The number of benzene rings is 2. The van der Waals surface area contributed by atoms with Crippen LogP contribution in [0, 0.1) is 0 Å². The van der Waals surface area contributed by atoms with Gasteiger partial charge in [0.1, 0.15) is 6.04 Å². The van der Waals surface area contributed by atoms with Gasteiger partial charge in [0.25, 0.3) is 5.91 Å². The van der Waals surface area contributed by atoms with Crippen LogP contribution >= 0.6 is 11.6 Å². The van der Waals surface area contributed by atoms with Gasteiger partial charge in [-0.25, -0.2) is 9.79 Å². The van der Waals surface area contributed by atoms with Gasteiger partial charge in [-0.1, -0.05) is 23.7 Å². The standard InChI is InChI=1S/C20H22ClN7O5/c21-13-3-1-2-4-14(13)26-20(33)27-15(10-29)18(32)24-9-16(30)28-17(31)11-5-7-12(8-6-11)25-19(22)23/h1-8,15,29H,9-10H2,(H,24,32)(H4,22,23,25)(H2,26,27,33)(H,28,30,31)/t15-/m0/s1. The number of aliphatic hydroxyl groups excluding tert-OH is 1. The highest BCUT2D eigenvalue weighted by Crippen LogP contribution is 2.20. The molecule has 5 amide bonds. The second-order valence-electron chi connectivity index (χ2n) is 6.49. The molecule has 0 saturated heterocycles. The van der Waals surface area contributed by atoms with Crippen LogP contribution in [0.3, 0.4) is 0 Å². The molecule has 0 aliphatic rings. The minimum absolute atomic E-state index is 0.143. The smallest absolute Gasteiger partial charge is 0.320 e. The Morgan fingerprint density at radius 2 is 1.70 bits per heavy atom. The van der Waals surface area contributed by atoms with E-state index in [1.54, 1.807) is 24.3 Å². The lowest BCUT2D eigenvalue weighted by atomic mass is 10.2. The first-order valence-corrected chi connectivity index (χ1v) is 9.82. The lowest BCUT2D eigenvalue weighted by molar-refractivity contribution is -0.127. The molecule has 12 nitrogen and oxygen atoms in total. The third-order valence-electron chi connectivity index (χ3n) is 3.99. The first-order chi connectivity index (χ1) is 15.7. The van der Waals surface area contributed by atoms with Crippen LogP contribution in [0.15, 0.2) is 53.5 Å². The summed E-state index contributed by atoms with van der Waals surface area (Å²) in [6.45, 7) is -1.30. The van der Waals surface area contributed by atoms with Crippen molar-refractivity contribution in [2.24, 2.45) is 16.5 Å². The molecule has 0 unspecified atom stereocenters. The zero-order chi connectivity index (χ0) is 24.4. The average Bonchev–Trinajstić information content (AvgIpc) is 2.77. The van der Waals surface area contributed by atoms with Gasteiger partial charge >= 0.3 is 6.03 Å². The van der Waals surface area contributed by atoms with E-state index >= 15 is 0 Å². The molecule has 0 fully saturated rings. The zero-order valence-electron chi connectivity index (χ0n) is 17.2. The summed E-state index contributed by atoms with van der Waals surface area (Å²) in [5.74, 6) is -2.49. The van der Waals surface area contributed by atoms with Gasteiger partial charge in [0.15, 0.2) is 5.96 Å². The van der Waals surface area contributed by atoms with Gasteiger partial charge in [0, 0.05) is 5.56 Å². The Hall–Kier alpha value is -4.16. The number of carbonyl (C=O) groups is 4. The summed E-state index contributed by atoms with van der Waals surface area (Å²) in [5.41, 5.74) is 11.4. The summed E-state index contributed by atoms with van der Waals surface area (Å²) in [4.78, 5) is 52.1. The molecule has 0 aliphatic carbocycles. The fourth-order valence-corrected chi connectivity index (χ4v) is 2.63. The number of nitrogens with zero attached hydrogens (tertiary/aromatic N) is 1. The van der Waals surface area contributed by atoms with Gasteiger partial charge in [-0.3, -0.25) is 19.7 Å². The second-order valence-corrected chi connectivity index (χ2v) is 6.90. The van der Waals surface area contributed by atoms with E-state index in [0.717, 1.165) is 0 Å². The van der Waals surface area contributed by atoms with Crippen LogP contribution in [0.1, 0.15) is 10.4 Å². The third kappa shape index (κ3) is 8.12. The van der Waals surface area contributed by atoms with Crippen molar-refractivity contribution < 1.29 is 24.3 Å². The van der Waals surface area contributed by atoms with Gasteiger partial charge in [-0.2, -0.15) is 0 Å². The maximum Gasteiger partial charge on any atom is 0.320 e. The summed E-state index contributed by atoms with van der Waals surface area (Å²) in [6.07, 6.45) is 0. The minimum atomic E-state index is -1.35. The van der Waals surface area contributed by atoms with Crippen LogP contribution in [0.5, 0.6) is 0 Å². The van der Waals surface area contributed by atoms with Crippen molar-refractivity contribution in [2.75, 3.05) is 18.5 Å². The molecule has 0 aromatic heterocycles. The van der Waals surface area contributed by atoms with Gasteiger partial charge < -0.3 is 32.5 Å². The Kier molecular flexibility index (Phi) is 9.15. The number of hydrogen-bond acceptors (Lipinski definition) is 6. The Balaban J connectivity index is 1.83. The molecule has 174 valence electrons. The molecule has 0 aliphatic heterocycles. The van der Waals surface area contributed by atoms with Crippen LogP contribution in [0.25, 0.3) is 0 Å². The third-order valence-corrected chi connectivity index (χ3v) is 4.32. The van der Waals surface area contributed by atoms with Crippen molar-refractivity contribution in [1.82, 2.24) is 16.0 Å². The predicted molar refractivity (Wildman–Crippen MR) is 122 cm³/mol. The maximum absolute atomic E-state index is 12.2. The zero-order valence-corrected chi connectivity index (χ0v) is 17.9. The molecule has 2 rings (SSSR count). The van der Waals surface area contributed by atoms with Crippen LogP contribution in [-0.2, 0) is 9.59 Å². The van der Waals surface area contributed by atoms with Gasteiger partial charge in [0.2, 0.25) is 11.8 Å². The molecule has 9 N–H and O–H groups in total. The Bertz CT molecular complexity index is 1060. The lowest BCUT2D eigenvalue weighted by Crippen LogP contribution is -2.52. The highest BCUT2D eigenvalue weighted by atomic mass is 35.5. The van der Waals surface area contributed by atoms with Gasteiger partial charge in [0.05, 0.1) is 29.5 Å². The average molecular weight is 476 g/mol. The summed E-state index contributed by atoms with van der Waals surface area (Å²) in [5, 5.41) is 18.7. The largest absolute Gasteiger partial charge is 0.394 e. The number of imide groups is 1. The van der Waals surface area contributed by atoms with Crippen molar-refractivity contribution in [1.29, 1.82) is 0 Å². The van der Waals surface area contributed by atoms with Crippen molar-refractivity contribution >= 4 is 52.7 Å². The topological polar surface area (TPSA) is 201 Å².